The van der Waals surface area contributed by atoms with Gasteiger partial charge in [-0.3, -0.25) is 20.0 Å². The molecule has 0 radical (unpaired) electrons. The first kappa shape index (κ1) is 13.7. The van der Waals surface area contributed by atoms with Crippen LogP contribution in [0.3, 0.4) is 0 Å². The molecule has 1 amide bonds. The van der Waals surface area contributed by atoms with E-state index in [4.69, 9.17) is 0 Å². The van der Waals surface area contributed by atoms with E-state index in [0.29, 0.717) is 11.4 Å². The molecule has 7 nitrogen and oxygen atoms in total. The zero-order valence-corrected chi connectivity index (χ0v) is 12.4. The summed E-state index contributed by atoms with van der Waals surface area (Å²) in [6.45, 7) is 0. The summed E-state index contributed by atoms with van der Waals surface area (Å²) in [5.41, 5.74) is 4.20. The first-order valence-corrected chi connectivity index (χ1v) is 7.58. The van der Waals surface area contributed by atoms with E-state index in [2.05, 4.69) is 30.7 Å². The van der Waals surface area contributed by atoms with Crippen LogP contribution in [0.2, 0.25) is 0 Å². The fourth-order valence-electron chi connectivity index (χ4n) is 2.88. The van der Waals surface area contributed by atoms with Crippen LogP contribution in [0.1, 0.15) is 28.2 Å². The van der Waals surface area contributed by atoms with Crippen LogP contribution in [-0.2, 0) is 12.8 Å². The highest BCUT2D eigenvalue weighted by Crippen LogP contribution is 2.19. The number of pyridine rings is 1. The Morgan fingerprint density at radius 2 is 2.22 bits per heavy atom. The summed E-state index contributed by atoms with van der Waals surface area (Å²) in [4.78, 5) is 16.6. The molecule has 0 aromatic carbocycles. The summed E-state index contributed by atoms with van der Waals surface area (Å²) in [5.74, 6) is -0.146. The van der Waals surface area contributed by atoms with Crippen LogP contribution in [0.5, 0.6) is 0 Å². The molecule has 3 aromatic rings. The van der Waals surface area contributed by atoms with Crippen LogP contribution in [-0.4, -0.2) is 37.3 Å². The van der Waals surface area contributed by atoms with Crippen molar-refractivity contribution in [2.45, 2.75) is 25.3 Å². The molecule has 0 bridgehead atoms. The monoisotopic (exact) mass is 308 g/mol. The summed E-state index contributed by atoms with van der Waals surface area (Å²) in [5, 5.41) is 17.0. The molecule has 1 aliphatic carbocycles. The van der Waals surface area contributed by atoms with E-state index < -0.39 is 0 Å². The Bertz CT molecular complexity index is 822. The maximum Gasteiger partial charge on any atom is 0.269 e. The van der Waals surface area contributed by atoms with E-state index in [1.165, 1.54) is 5.56 Å². The summed E-state index contributed by atoms with van der Waals surface area (Å²) in [6, 6.07) is 7.43. The smallest absolute Gasteiger partial charge is 0.269 e. The fourth-order valence-corrected chi connectivity index (χ4v) is 2.88. The lowest BCUT2D eigenvalue weighted by Gasteiger charge is -2.22. The van der Waals surface area contributed by atoms with Gasteiger partial charge < -0.3 is 5.32 Å². The highest BCUT2D eigenvalue weighted by molar-refractivity contribution is 5.93. The summed E-state index contributed by atoms with van der Waals surface area (Å²) < 4.78 is 0. The Balaban J connectivity index is 1.45. The molecule has 3 aromatic heterocycles. The predicted octanol–water partition coefficient (Wildman–Crippen LogP) is 1.48. The van der Waals surface area contributed by atoms with Crippen molar-refractivity contribution in [1.29, 1.82) is 0 Å². The number of carbonyl (C=O) groups is 1. The number of hydrogen-bond donors (Lipinski definition) is 3. The van der Waals surface area contributed by atoms with E-state index in [0.717, 1.165) is 30.7 Å². The SMILES string of the molecule is O=C(N[C@H]1CCc2cn[nH]c2C1)c1cc(-c2ccccn2)n[nH]1. The number of carbonyl (C=O) groups excluding carboxylic acids is 1. The van der Waals surface area contributed by atoms with Gasteiger partial charge in [-0.25, -0.2) is 0 Å². The van der Waals surface area contributed by atoms with E-state index in [1.807, 2.05) is 24.4 Å². The van der Waals surface area contributed by atoms with Gasteiger partial charge in [0.2, 0.25) is 0 Å². The second-order valence-electron chi connectivity index (χ2n) is 5.67. The van der Waals surface area contributed by atoms with Crippen molar-refractivity contribution in [2.24, 2.45) is 0 Å². The minimum atomic E-state index is -0.146. The molecular formula is C16H16N6O. The molecule has 1 atom stereocenters. The molecule has 1 aliphatic rings. The van der Waals surface area contributed by atoms with Gasteiger partial charge in [-0.2, -0.15) is 10.2 Å². The average Bonchev–Trinajstić information content (AvgIpc) is 3.24. The van der Waals surface area contributed by atoms with Gasteiger partial charge in [0, 0.05) is 24.4 Å². The average molecular weight is 308 g/mol. The number of nitrogens with one attached hydrogen (secondary N) is 3. The zero-order chi connectivity index (χ0) is 15.6. The van der Waals surface area contributed by atoms with Crippen molar-refractivity contribution in [3.05, 3.63) is 53.6 Å². The lowest BCUT2D eigenvalue weighted by molar-refractivity contribution is 0.0928. The van der Waals surface area contributed by atoms with Gasteiger partial charge in [-0.05, 0) is 36.6 Å². The number of rotatable bonds is 3. The molecule has 0 saturated carbocycles. The van der Waals surface area contributed by atoms with Crippen molar-refractivity contribution < 1.29 is 4.79 Å². The first-order chi connectivity index (χ1) is 11.3. The normalized spacial score (nSPS) is 16.8. The van der Waals surface area contributed by atoms with Crippen LogP contribution in [0.4, 0.5) is 0 Å². The Kier molecular flexibility index (Phi) is 3.38. The maximum atomic E-state index is 12.4. The molecule has 3 heterocycles. The lowest BCUT2D eigenvalue weighted by Crippen LogP contribution is -2.39. The summed E-state index contributed by atoms with van der Waals surface area (Å²) in [6.07, 6.45) is 6.19. The van der Waals surface area contributed by atoms with Crippen LogP contribution >= 0.6 is 0 Å². The minimum absolute atomic E-state index is 0.108. The van der Waals surface area contributed by atoms with Crippen molar-refractivity contribution in [3.8, 4) is 11.4 Å². The van der Waals surface area contributed by atoms with Gasteiger partial charge in [-0.15, -0.1) is 0 Å². The van der Waals surface area contributed by atoms with Gasteiger partial charge >= 0.3 is 0 Å². The van der Waals surface area contributed by atoms with Crippen LogP contribution < -0.4 is 5.32 Å². The second kappa shape index (κ2) is 5.68. The van der Waals surface area contributed by atoms with Gasteiger partial charge in [0.25, 0.3) is 5.91 Å². The van der Waals surface area contributed by atoms with Crippen LogP contribution in [0.15, 0.2) is 36.7 Å². The number of amides is 1. The van der Waals surface area contributed by atoms with Crippen molar-refractivity contribution in [3.63, 3.8) is 0 Å². The van der Waals surface area contributed by atoms with Gasteiger partial charge in [0.05, 0.1) is 11.9 Å². The Morgan fingerprint density at radius 3 is 3.09 bits per heavy atom. The molecule has 0 unspecified atom stereocenters. The molecule has 7 heteroatoms. The lowest BCUT2D eigenvalue weighted by atomic mass is 9.94. The standard InChI is InChI=1S/C16H16N6O/c23-16(19-11-5-4-10-9-18-20-13(10)7-11)15-8-14(21-22-15)12-3-1-2-6-17-12/h1-3,6,8-9,11H,4-5,7H2,(H,18,20)(H,19,23)(H,21,22)/t11-/m0/s1. The van der Waals surface area contributed by atoms with Crippen molar-refractivity contribution in [2.75, 3.05) is 0 Å². The second-order valence-corrected chi connectivity index (χ2v) is 5.67. The van der Waals surface area contributed by atoms with Gasteiger partial charge in [-0.1, -0.05) is 6.07 Å². The van der Waals surface area contributed by atoms with E-state index in [9.17, 15) is 4.79 Å². The molecular weight excluding hydrogens is 292 g/mol. The Hall–Kier alpha value is -2.96. The van der Waals surface area contributed by atoms with Crippen molar-refractivity contribution in [1.82, 2.24) is 30.7 Å². The number of aromatic nitrogens is 5. The van der Waals surface area contributed by atoms with Crippen LogP contribution in [0.25, 0.3) is 11.4 Å². The number of aromatic amines is 2. The molecule has 23 heavy (non-hydrogen) atoms. The predicted molar refractivity (Wildman–Crippen MR) is 83.7 cm³/mol. The molecule has 0 fully saturated rings. The molecule has 4 rings (SSSR count). The largest absolute Gasteiger partial charge is 0.348 e. The highest BCUT2D eigenvalue weighted by atomic mass is 16.2. The molecule has 116 valence electrons. The number of nitrogens with zero attached hydrogens (tertiary/aromatic N) is 3. The number of aryl methyl sites for hydroxylation is 1. The zero-order valence-electron chi connectivity index (χ0n) is 12.4. The number of H-pyrrole nitrogens is 2. The maximum absolute atomic E-state index is 12.4. The van der Waals surface area contributed by atoms with Gasteiger partial charge in [0.1, 0.15) is 11.4 Å². The first-order valence-electron chi connectivity index (χ1n) is 7.58. The Labute approximate surface area is 132 Å². The van der Waals surface area contributed by atoms with E-state index in [1.54, 1.807) is 12.3 Å². The fraction of sp³-hybridized carbons (Fsp3) is 0.250. The third kappa shape index (κ3) is 2.73. The third-order valence-electron chi connectivity index (χ3n) is 4.11. The van der Waals surface area contributed by atoms with E-state index >= 15 is 0 Å². The number of fused-ring (bicyclic) bond motifs is 1. The molecule has 3 N–H and O–H groups in total. The minimum Gasteiger partial charge on any atom is -0.348 e. The Morgan fingerprint density at radius 1 is 1.26 bits per heavy atom. The van der Waals surface area contributed by atoms with E-state index in [-0.39, 0.29) is 11.9 Å². The summed E-state index contributed by atoms with van der Waals surface area (Å²) in [7, 11) is 0. The quantitative estimate of drug-likeness (QED) is 0.682. The summed E-state index contributed by atoms with van der Waals surface area (Å²) >= 11 is 0. The molecule has 0 spiro atoms. The number of hydrogen-bond acceptors (Lipinski definition) is 4. The van der Waals surface area contributed by atoms with Crippen LogP contribution in [0, 0.1) is 0 Å². The molecule has 0 aliphatic heterocycles. The highest BCUT2D eigenvalue weighted by Gasteiger charge is 2.22. The van der Waals surface area contributed by atoms with Crippen molar-refractivity contribution >= 4 is 5.91 Å². The van der Waals surface area contributed by atoms with Gasteiger partial charge in [0.15, 0.2) is 0 Å². The topological polar surface area (TPSA) is 99.3 Å². The third-order valence-corrected chi connectivity index (χ3v) is 4.11. The molecule has 0 saturated heterocycles.